The van der Waals surface area contributed by atoms with Crippen molar-refractivity contribution in [2.75, 3.05) is 19.8 Å². The second-order valence-corrected chi connectivity index (χ2v) is 5.46. The number of hydrogen-bond acceptors (Lipinski definition) is 3. The number of ether oxygens (including phenoxy) is 1. The van der Waals surface area contributed by atoms with Crippen molar-refractivity contribution in [1.82, 2.24) is 9.88 Å². The van der Waals surface area contributed by atoms with E-state index in [1.165, 1.54) is 0 Å². The number of unbranched alkanes of at least 4 members (excludes halogenated alkanes) is 1. The Hall–Kier alpha value is -1.42. The van der Waals surface area contributed by atoms with Gasteiger partial charge in [0.2, 0.25) is 5.91 Å². The second kappa shape index (κ2) is 8.00. The van der Waals surface area contributed by atoms with Gasteiger partial charge in [-0.2, -0.15) is 0 Å². The molecule has 1 aromatic heterocycles. The molecular formula is C16H24N2O2. The van der Waals surface area contributed by atoms with Gasteiger partial charge in [-0.15, -0.1) is 0 Å². The van der Waals surface area contributed by atoms with Crippen molar-refractivity contribution in [3.63, 3.8) is 0 Å². The van der Waals surface area contributed by atoms with Crippen LogP contribution in [0, 0.1) is 5.92 Å². The molecule has 1 fully saturated rings. The quantitative estimate of drug-likeness (QED) is 0.769. The van der Waals surface area contributed by atoms with Gasteiger partial charge in [-0.05, 0) is 30.4 Å². The molecule has 0 bridgehead atoms. The number of pyridine rings is 1. The molecule has 4 heteroatoms. The van der Waals surface area contributed by atoms with E-state index in [2.05, 4.69) is 11.9 Å². The van der Waals surface area contributed by atoms with Gasteiger partial charge in [-0.1, -0.05) is 19.4 Å². The number of nitrogens with zero attached hydrogens (tertiary/aromatic N) is 2. The van der Waals surface area contributed by atoms with E-state index < -0.39 is 0 Å². The van der Waals surface area contributed by atoms with Crippen LogP contribution in [0.15, 0.2) is 24.5 Å². The van der Waals surface area contributed by atoms with Crippen LogP contribution in [-0.2, 0) is 16.1 Å². The highest BCUT2D eigenvalue weighted by molar-refractivity contribution is 5.76. The zero-order chi connectivity index (χ0) is 14.2. The Morgan fingerprint density at radius 1 is 1.55 bits per heavy atom. The summed E-state index contributed by atoms with van der Waals surface area (Å²) in [5.41, 5.74) is 1.10. The maximum atomic E-state index is 12.5. The minimum atomic E-state index is 0.248. The molecule has 0 aliphatic carbocycles. The third kappa shape index (κ3) is 4.60. The van der Waals surface area contributed by atoms with Gasteiger partial charge in [0.05, 0.1) is 0 Å². The Bertz CT molecular complexity index is 402. The lowest BCUT2D eigenvalue weighted by Gasteiger charge is -2.24. The van der Waals surface area contributed by atoms with Crippen molar-refractivity contribution < 1.29 is 9.53 Å². The van der Waals surface area contributed by atoms with E-state index >= 15 is 0 Å². The highest BCUT2D eigenvalue weighted by atomic mass is 16.5. The predicted octanol–water partition coefficient (Wildman–Crippen LogP) is 2.64. The van der Waals surface area contributed by atoms with Crippen LogP contribution in [0.5, 0.6) is 0 Å². The van der Waals surface area contributed by atoms with E-state index in [9.17, 15) is 4.79 Å². The summed E-state index contributed by atoms with van der Waals surface area (Å²) >= 11 is 0. The van der Waals surface area contributed by atoms with Crippen LogP contribution in [0.4, 0.5) is 0 Å². The summed E-state index contributed by atoms with van der Waals surface area (Å²) in [6, 6.07) is 3.94. The van der Waals surface area contributed by atoms with Gasteiger partial charge in [0.1, 0.15) is 0 Å². The van der Waals surface area contributed by atoms with E-state index in [1.807, 2.05) is 23.2 Å². The molecule has 1 aromatic rings. The third-order valence-electron chi connectivity index (χ3n) is 3.72. The number of amides is 1. The first-order chi connectivity index (χ1) is 9.79. The van der Waals surface area contributed by atoms with Gasteiger partial charge in [0.15, 0.2) is 0 Å². The van der Waals surface area contributed by atoms with Gasteiger partial charge in [-0.3, -0.25) is 9.78 Å². The first-order valence-corrected chi connectivity index (χ1v) is 7.54. The second-order valence-electron chi connectivity index (χ2n) is 5.46. The fourth-order valence-electron chi connectivity index (χ4n) is 2.47. The van der Waals surface area contributed by atoms with Crippen LogP contribution in [0.3, 0.4) is 0 Å². The van der Waals surface area contributed by atoms with Gasteiger partial charge < -0.3 is 9.64 Å². The van der Waals surface area contributed by atoms with Crippen molar-refractivity contribution in [2.45, 2.75) is 39.2 Å². The lowest BCUT2D eigenvalue weighted by Crippen LogP contribution is -2.33. The van der Waals surface area contributed by atoms with Crippen LogP contribution >= 0.6 is 0 Å². The van der Waals surface area contributed by atoms with Crippen molar-refractivity contribution in [2.24, 2.45) is 5.92 Å². The number of hydrogen-bond donors (Lipinski definition) is 0. The van der Waals surface area contributed by atoms with Crippen LogP contribution in [0.2, 0.25) is 0 Å². The van der Waals surface area contributed by atoms with Gasteiger partial charge >= 0.3 is 0 Å². The first kappa shape index (κ1) is 15.0. The average molecular weight is 276 g/mol. The summed E-state index contributed by atoms with van der Waals surface area (Å²) in [5.74, 6) is 0.651. The highest BCUT2D eigenvalue weighted by Gasteiger charge is 2.22. The van der Waals surface area contributed by atoms with E-state index in [0.29, 0.717) is 18.9 Å². The molecular weight excluding hydrogens is 252 g/mol. The number of carbonyl (C=O) groups is 1. The highest BCUT2D eigenvalue weighted by Crippen LogP contribution is 2.18. The maximum Gasteiger partial charge on any atom is 0.223 e. The molecule has 2 heterocycles. The first-order valence-electron chi connectivity index (χ1n) is 7.54. The molecule has 20 heavy (non-hydrogen) atoms. The minimum Gasteiger partial charge on any atom is -0.381 e. The topological polar surface area (TPSA) is 42.4 Å². The van der Waals surface area contributed by atoms with Crippen LogP contribution < -0.4 is 0 Å². The minimum absolute atomic E-state index is 0.248. The maximum absolute atomic E-state index is 12.5. The smallest absolute Gasteiger partial charge is 0.223 e. The molecule has 0 unspecified atom stereocenters. The molecule has 1 amide bonds. The Labute approximate surface area is 121 Å². The fourth-order valence-corrected chi connectivity index (χ4v) is 2.47. The van der Waals surface area contributed by atoms with E-state index in [4.69, 9.17) is 4.74 Å². The zero-order valence-electron chi connectivity index (χ0n) is 12.3. The number of carbonyl (C=O) groups excluding carboxylic acids is 1. The van der Waals surface area contributed by atoms with E-state index in [0.717, 1.165) is 44.6 Å². The molecule has 4 nitrogen and oxygen atoms in total. The largest absolute Gasteiger partial charge is 0.381 e. The lowest BCUT2D eigenvalue weighted by molar-refractivity contribution is -0.133. The molecule has 110 valence electrons. The van der Waals surface area contributed by atoms with Gasteiger partial charge in [-0.25, -0.2) is 0 Å². The molecule has 1 aliphatic heterocycles. The molecule has 0 aromatic carbocycles. The summed E-state index contributed by atoms with van der Waals surface area (Å²) < 4.78 is 5.36. The van der Waals surface area contributed by atoms with Gasteiger partial charge in [0, 0.05) is 45.1 Å². The molecule has 1 aliphatic rings. The summed E-state index contributed by atoms with van der Waals surface area (Å²) in [5, 5.41) is 0. The monoisotopic (exact) mass is 276 g/mol. The SMILES string of the molecule is CCCCN(Cc1cccnc1)C(=O)C[C@@H]1CCOC1. The van der Waals surface area contributed by atoms with Crippen molar-refractivity contribution in [3.8, 4) is 0 Å². The van der Waals surface area contributed by atoms with Crippen molar-refractivity contribution in [1.29, 1.82) is 0 Å². The number of rotatable bonds is 7. The fraction of sp³-hybridized carbons (Fsp3) is 0.625. The summed E-state index contributed by atoms with van der Waals surface area (Å²) in [7, 11) is 0. The lowest BCUT2D eigenvalue weighted by atomic mass is 10.0. The van der Waals surface area contributed by atoms with Gasteiger partial charge in [0.25, 0.3) is 0 Å². The Kier molecular flexibility index (Phi) is 5.99. The molecule has 1 atom stereocenters. The molecule has 0 spiro atoms. The van der Waals surface area contributed by atoms with E-state index in [-0.39, 0.29) is 5.91 Å². The molecule has 0 N–H and O–H groups in total. The van der Waals surface area contributed by atoms with Crippen LogP contribution in [0.25, 0.3) is 0 Å². The summed E-state index contributed by atoms with van der Waals surface area (Å²) in [4.78, 5) is 18.6. The third-order valence-corrected chi connectivity index (χ3v) is 3.72. The Balaban J connectivity index is 1.92. The van der Waals surface area contributed by atoms with Crippen LogP contribution in [0.1, 0.15) is 38.2 Å². The van der Waals surface area contributed by atoms with E-state index in [1.54, 1.807) is 6.20 Å². The van der Waals surface area contributed by atoms with Crippen molar-refractivity contribution >= 4 is 5.91 Å². The molecule has 0 saturated carbocycles. The van der Waals surface area contributed by atoms with Crippen molar-refractivity contribution in [3.05, 3.63) is 30.1 Å². The summed E-state index contributed by atoms with van der Waals surface area (Å²) in [6.07, 6.45) is 7.38. The van der Waals surface area contributed by atoms with Crippen LogP contribution in [-0.4, -0.2) is 35.5 Å². The normalized spacial score (nSPS) is 18.1. The Morgan fingerprint density at radius 2 is 2.45 bits per heavy atom. The Morgan fingerprint density at radius 3 is 3.10 bits per heavy atom. The predicted molar refractivity (Wildman–Crippen MR) is 78.1 cm³/mol. The molecule has 2 rings (SSSR count). The zero-order valence-corrected chi connectivity index (χ0v) is 12.3. The average Bonchev–Trinajstić information content (AvgIpc) is 2.97. The number of aromatic nitrogens is 1. The molecule has 0 radical (unpaired) electrons. The summed E-state index contributed by atoms with van der Waals surface area (Å²) in [6.45, 7) is 5.19. The standard InChI is InChI=1S/C16H24N2O2/c1-2-3-8-18(12-15-5-4-7-17-11-15)16(19)10-14-6-9-20-13-14/h4-5,7,11,14H,2-3,6,8-10,12-13H2,1H3/t14-/m0/s1. The molecule has 1 saturated heterocycles.